The van der Waals surface area contributed by atoms with Crippen molar-refractivity contribution in [3.8, 4) is 0 Å². The Morgan fingerprint density at radius 3 is 2.32 bits per heavy atom. The Balaban J connectivity index is 1.33. The highest BCUT2D eigenvalue weighted by Crippen LogP contribution is 2.20. The van der Waals surface area contributed by atoms with Gasteiger partial charge in [-0.2, -0.15) is 0 Å². The minimum atomic E-state index is 0.175. The van der Waals surface area contributed by atoms with E-state index >= 15 is 0 Å². The van der Waals surface area contributed by atoms with Crippen molar-refractivity contribution in [2.75, 3.05) is 25.4 Å². The number of hydrogen-bond acceptors (Lipinski definition) is 3. The largest absolute Gasteiger partial charge is 0.355 e. The van der Waals surface area contributed by atoms with Crippen molar-refractivity contribution in [3.63, 3.8) is 0 Å². The zero-order valence-corrected chi connectivity index (χ0v) is 15.4. The van der Waals surface area contributed by atoms with Crippen molar-refractivity contribution in [3.05, 3.63) is 66.2 Å². The smallest absolute Gasteiger partial charge is 0.223 e. The molecule has 0 saturated carbocycles. The molecule has 3 nitrogen and oxygen atoms in total. The molecule has 0 bridgehead atoms. The first-order chi connectivity index (χ1) is 12.3. The molecule has 2 aromatic rings. The molecule has 4 heteroatoms. The van der Waals surface area contributed by atoms with Crippen molar-refractivity contribution >= 4 is 17.7 Å². The van der Waals surface area contributed by atoms with Crippen molar-refractivity contribution < 1.29 is 4.79 Å². The lowest BCUT2D eigenvalue weighted by atomic mass is 9.95. The Bertz CT molecular complexity index is 639. The Hall–Kier alpha value is -1.78. The maximum Gasteiger partial charge on any atom is 0.223 e. The van der Waals surface area contributed by atoms with E-state index in [0.717, 1.165) is 44.8 Å². The van der Waals surface area contributed by atoms with Gasteiger partial charge >= 0.3 is 0 Å². The molecule has 1 amide bonds. The van der Waals surface area contributed by atoms with Crippen molar-refractivity contribution in [2.45, 2.75) is 24.3 Å². The highest BCUT2D eigenvalue weighted by Gasteiger charge is 2.24. The quantitative estimate of drug-likeness (QED) is 0.606. The molecule has 3 rings (SSSR count). The van der Waals surface area contributed by atoms with Crippen LogP contribution in [-0.2, 0) is 11.3 Å². The number of carbonyl (C=O) groups excluding carboxylic acids is 1. The lowest BCUT2D eigenvalue weighted by molar-refractivity contribution is -0.126. The summed E-state index contributed by atoms with van der Waals surface area (Å²) in [5, 5.41) is 3.11. The molecule has 2 aromatic carbocycles. The molecule has 132 valence electrons. The zero-order valence-electron chi connectivity index (χ0n) is 14.6. The van der Waals surface area contributed by atoms with Crippen molar-refractivity contribution in [2.24, 2.45) is 5.92 Å². The summed E-state index contributed by atoms with van der Waals surface area (Å²) in [5.41, 5.74) is 1.35. The number of nitrogens with zero attached hydrogens (tertiary/aromatic N) is 1. The predicted octanol–water partition coefficient (Wildman–Crippen LogP) is 3.81. The van der Waals surface area contributed by atoms with Crippen LogP contribution in [0.3, 0.4) is 0 Å². The van der Waals surface area contributed by atoms with Crippen LogP contribution in [0.25, 0.3) is 0 Å². The van der Waals surface area contributed by atoms with E-state index in [1.165, 1.54) is 10.5 Å². The van der Waals surface area contributed by atoms with Gasteiger partial charge in [-0.15, -0.1) is 11.8 Å². The fraction of sp³-hybridized carbons (Fsp3) is 0.381. The molecule has 0 unspecified atom stereocenters. The summed E-state index contributed by atoms with van der Waals surface area (Å²) in [6, 6.07) is 20.9. The predicted molar refractivity (Wildman–Crippen MR) is 105 cm³/mol. The lowest BCUT2D eigenvalue weighted by Crippen LogP contribution is -2.40. The first-order valence-electron chi connectivity index (χ1n) is 9.03. The second-order valence-corrected chi connectivity index (χ2v) is 7.66. The normalized spacial score (nSPS) is 15.8. The van der Waals surface area contributed by atoms with Gasteiger partial charge in [0.05, 0.1) is 0 Å². The maximum absolute atomic E-state index is 12.3. The summed E-state index contributed by atoms with van der Waals surface area (Å²) in [6.07, 6.45) is 1.93. The Kier molecular flexibility index (Phi) is 6.95. The first kappa shape index (κ1) is 18.0. The zero-order chi connectivity index (χ0) is 17.3. The van der Waals surface area contributed by atoms with Gasteiger partial charge in [0.2, 0.25) is 5.91 Å². The van der Waals surface area contributed by atoms with Gasteiger partial charge in [-0.3, -0.25) is 9.69 Å². The monoisotopic (exact) mass is 354 g/mol. The van der Waals surface area contributed by atoms with E-state index in [0.29, 0.717) is 0 Å². The molecule has 0 radical (unpaired) electrons. The van der Waals surface area contributed by atoms with E-state index in [9.17, 15) is 4.79 Å². The van der Waals surface area contributed by atoms with Gasteiger partial charge in [-0.25, -0.2) is 0 Å². The molecule has 1 aliphatic heterocycles. The molecular weight excluding hydrogens is 328 g/mol. The fourth-order valence-corrected chi connectivity index (χ4v) is 3.99. The second kappa shape index (κ2) is 9.64. The molecule has 1 heterocycles. The molecule has 1 aliphatic rings. The van der Waals surface area contributed by atoms with E-state index in [4.69, 9.17) is 0 Å². The summed E-state index contributed by atoms with van der Waals surface area (Å²) in [7, 11) is 0. The number of hydrogen-bond donors (Lipinski definition) is 1. The van der Waals surface area contributed by atoms with Gasteiger partial charge < -0.3 is 5.32 Å². The van der Waals surface area contributed by atoms with E-state index in [1.54, 1.807) is 11.8 Å². The number of piperidine rings is 1. The van der Waals surface area contributed by atoms with Crippen LogP contribution < -0.4 is 5.32 Å². The highest BCUT2D eigenvalue weighted by atomic mass is 32.2. The molecule has 1 N–H and O–H groups in total. The van der Waals surface area contributed by atoms with Crippen molar-refractivity contribution in [1.29, 1.82) is 0 Å². The fourth-order valence-electron chi connectivity index (χ4n) is 3.20. The number of thioether (sulfide) groups is 1. The number of nitrogens with one attached hydrogen (secondary N) is 1. The van der Waals surface area contributed by atoms with E-state index in [1.807, 2.05) is 18.2 Å². The van der Waals surface area contributed by atoms with Crippen LogP contribution in [0, 0.1) is 5.92 Å². The Labute approximate surface area is 154 Å². The van der Waals surface area contributed by atoms with Gasteiger partial charge in [0.1, 0.15) is 0 Å². The third kappa shape index (κ3) is 5.91. The maximum atomic E-state index is 12.3. The van der Waals surface area contributed by atoms with Crippen LogP contribution in [0.15, 0.2) is 65.6 Å². The molecule has 0 aliphatic carbocycles. The number of likely N-dealkylation sites (tertiary alicyclic amines) is 1. The standard InChI is InChI=1S/C21H26N2OS/c24-21(22-13-16-25-20-9-5-2-6-10-20)19-11-14-23(15-12-19)17-18-7-3-1-4-8-18/h1-10,19H,11-17H2,(H,22,24). The number of carbonyl (C=O) groups is 1. The van der Waals surface area contributed by atoms with Crippen LogP contribution in [0.2, 0.25) is 0 Å². The molecule has 0 aromatic heterocycles. The van der Waals surface area contributed by atoms with Crippen LogP contribution in [0.4, 0.5) is 0 Å². The molecule has 1 fully saturated rings. The molecule has 25 heavy (non-hydrogen) atoms. The van der Waals surface area contributed by atoms with E-state index < -0.39 is 0 Å². The lowest BCUT2D eigenvalue weighted by Gasteiger charge is -2.31. The Morgan fingerprint density at radius 2 is 1.64 bits per heavy atom. The molecule has 0 spiro atoms. The minimum absolute atomic E-state index is 0.175. The molecule has 0 atom stereocenters. The van der Waals surface area contributed by atoms with Gasteiger partial charge in [-0.1, -0.05) is 48.5 Å². The number of benzene rings is 2. The summed E-state index contributed by atoms with van der Waals surface area (Å²) in [6.45, 7) is 3.74. The SMILES string of the molecule is O=C(NCCSc1ccccc1)C1CCN(Cc2ccccc2)CC1. The van der Waals surface area contributed by atoms with Gasteiger partial charge in [0.25, 0.3) is 0 Å². The number of rotatable bonds is 7. The second-order valence-electron chi connectivity index (χ2n) is 6.49. The first-order valence-corrected chi connectivity index (χ1v) is 10.0. The van der Waals surface area contributed by atoms with E-state index in [2.05, 4.69) is 52.7 Å². The number of amides is 1. The molecular formula is C21H26N2OS. The summed E-state index contributed by atoms with van der Waals surface area (Å²) in [4.78, 5) is 16.0. The average Bonchev–Trinajstić information content (AvgIpc) is 2.67. The van der Waals surface area contributed by atoms with Crippen molar-refractivity contribution in [1.82, 2.24) is 10.2 Å². The minimum Gasteiger partial charge on any atom is -0.355 e. The Morgan fingerprint density at radius 1 is 1.00 bits per heavy atom. The van der Waals surface area contributed by atoms with Crippen LogP contribution in [0.5, 0.6) is 0 Å². The van der Waals surface area contributed by atoms with Crippen LogP contribution >= 0.6 is 11.8 Å². The van der Waals surface area contributed by atoms with E-state index in [-0.39, 0.29) is 11.8 Å². The highest BCUT2D eigenvalue weighted by molar-refractivity contribution is 7.99. The van der Waals surface area contributed by atoms with Gasteiger partial charge in [-0.05, 0) is 43.6 Å². The summed E-state index contributed by atoms with van der Waals surface area (Å²) < 4.78 is 0. The molecule has 1 saturated heterocycles. The summed E-state index contributed by atoms with van der Waals surface area (Å²) >= 11 is 1.79. The summed E-state index contributed by atoms with van der Waals surface area (Å²) in [5.74, 6) is 1.32. The average molecular weight is 355 g/mol. The van der Waals surface area contributed by atoms with Gasteiger partial charge in [0.15, 0.2) is 0 Å². The third-order valence-electron chi connectivity index (χ3n) is 4.62. The van der Waals surface area contributed by atoms with Gasteiger partial charge in [0, 0.05) is 29.7 Å². The topological polar surface area (TPSA) is 32.3 Å². The van der Waals surface area contributed by atoms with Crippen LogP contribution in [0.1, 0.15) is 18.4 Å². The van der Waals surface area contributed by atoms with Crippen LogP contribution in [-0.4, -0.2) is 36.2 Å². The third-order valence-corrected chi connectivity index (χ3v) is 5.63.